The van der Waals surface area contributed by atoms with Crippen LogP contribution in [0.1, 0.15) is 80.5 Å². The molecule has 0 rings (SSSR count). The van der Waals surface area contributed by atoms with Crippen molar-refractivity contribution in [1.29, 1.82) is 0 Å². The zero-order valence-electron chi connectivity index (χ0n) is 13.5. The van der Waals surface area contributed by atoms with Crippen molar-refractivity contribution < 1.29 is 15.6 Å². The maximum absolute atomic E-state index is 5.71. The molecule has 19 heavy (non-hydrogen) atoms. The van der Waals surface area contributed by atoms with Gasteiger partial charge in [-0.05, 0) is 27.2 Å². The molecule has 0 radical (unpaired) electrons. The molecule has 118 valence electrons. The fourth-order valence-electron chi connectivity index (χ4n) is 2.30. The molecule has 0 heterocycles. The van der Waals surface area contributed by atoms with Crippen molar-refractivity contribution in [3.05, 3.63) is 0 Å². The monoisotopic (exact) mass is 276 g/mol. The summed E-state index contributed by atoms with van der Waals surface area (Å²) >= 11 is 0. The summed E-state index contributed by atoms with van der Waals surface area (Å²) in [5, 5.41) is 0. The van der Waals surface area contributed by atoms with Gasteiger partial charge in [0.2, 0.25) is 0 Å². The average molecular weight is 276 g/mol. The highest BCUT2D eigenvalue weighted by molar-refractivity contribution is 4.59. The average Bonchev–Trinajstić information content (AvgIpc) is 2.39. The summed E-state index contributed by atoms with van der Waals surface area (Å²) < 4.78 is 17.1. The molecular formula is C16H36O3. The van der Waals surface area contributed by atoms with Gasteiger partial charge in [0.05, 0.1) is 0 Å². The van der Waals surface area contributed by atoms with E-state index in [0.29, 0.717) is 19.8 Å². The van der Waals surface area contributed by atoms with Crippen molar-refractivity contribution in [2.45, 2.75) is 85.0 Å². The van der Waals surface area contributed by atoms with Gasteiger partial charge in [-0.2, -0.15) is 0 Å². The van der Waals surface area contributed by atoms with Crippen LogP contribution in [-0.2, 0) is 14.2 Å². The Morgan fingerprint density at radius 2 is 1.05 bits per heavy atom. The van der Waals surface area contributed by atoms with Gasteiger partial charge in [0.1, 0.15) is 0 Å². The number of rotatable bonds is 14. The summed E-state index contributed by atoms with van der Waals surface area (Å²) in [6.45, 7) is 10.1. The summed E-state index contributed by atoms with van der Waals surface area (Å²) in [6, 6.07) is 0. The lowest BCUT2D eigenvalue weighted by Gasteiger charge is -2.32. The van der Waals surface area contributed by atoms with Crippen LogP contribution >= 0.6 is 0 Å². The first-order valence-corrected chi connectivity index (χ1v) is 8.16. The Bertz CT molecular complexity index is 172. The minimum absolute atomic E-state index is 0. The van der Waals surface area contributed by atoms with E-state index in [1.165, 1.54) is 38.5 Å². The summed E-state index contributed by atoms with van der Waals surface area (Å²) in [5.74, 6) is -0.804. The van der Waals surface area contributed by atoms with Crippen LogP contribution in [0.25, 0.3) is 0 Å². The third kappa shape index (κ3) is 9.42. The molecule has 0 unspecified atom stereocenters. The SMILES string of the molecule is CCCCCCCCCC(OCC)(OCC)OCC.[HH]. The van der Waals surface area contributed by atoms with Crippen molar-refractivity contribution in [1.82, 2.24) is 0 Å². The lowest BCUT2D eigenvalue weighted by Crippen LogP contribution is -2.39. The molecular weight excluding hydrogens is 240 g/mol. The number of unbranched alkanes of at least 4 members (excludes halogenated alkanes) is 6. The van der Waals surface area contributed by atoms with E-state index in [1.54, 1.807) is 0 Å². The Hall–Kier alpha value is -0.120. The molecule has 0 spiro atoms. The molecule has 0 N–H and O–H groups in total. The van der Waals surface area contributed by atoms with E-state index >= 15 is 0 Å². The molecule has 3 heteroatoms. The van der Waals surface area contributed by atoms with Crippen LogP contribution in [0.5, 0.6) is 0 Å². The first-order valence-electron chi connectivity index (χ1n) is 8.16. The van der Waals surface area contributed by atoms with Gasteiger partial charge in [0, 0.05) is 27.7 Å². The van der Waals surface area contributed by atoms with Crippen molar-refractivity contribution in [2.75, 3.05) is 19.8 Å². The topological polar surface area (TPSA) is 27.7 Å². The van der Waals surface area contributed by atoms with E-state index < -0.39 is 5.97 Å². The Morgan fingerprint density at radius 3 is 1.47 bits per heavy atom. The van der Waals surface area contributed by atoms with Gasteiger partial charge in [0.15, 0.2) is 0 Å². The quantitative estimate of drug-likeness (QED) is 0.325. The molecule has 0 saturated heterocycles. The van der Waals surface area contributed by atoms with Gasteiger partial charge in [-0.15, -0.1) is 0 Å². The zero-order valence-corrected chi connectivity index (χ0v) is 13.5. The smallest absolute Gasteiger partial charge is 0.282 e. The van der Waals surface area contributed by atoms with Crippen LogP contribution in [0.4, 0.5) is 0 Å². The predicted molar refractivity (Wildman–Crippen MR) is 82.3 cm³/mol. The van der Waals surface area contributed by atoms with Crippen LogP contribution in [0.15, 0.2) is 0 Å². The highest BCUT2D eigenvalue weighted by atomic mass is 16.9. The summed E-state index contributed by atoms with van der Waals surface area (Å²) in [7, 11) is 0. The van der Waals surface area contributed by atoms with Gasteiger partial charge in [-0.3, -0.25) is 0 Å². The molecule has 0 amide bonds. The highest BCUT2D eigenvalue weighted by Gasteiger charge is 2.31. The number of hydrogen-bond donors (Lipinski definition) is 0. The van der Waals surface area contributed by atoms with E-state index in [-0.39, 0.29) is 1.43 Å². The molecule has 0 aliphatic carbocycles. The van der Waals surface area contributed by atoms with Crippen LogP contribution in [0.2, 0.25) is 0 Å². The fraction of sp³-hybridized carbons (Fsp3) is 1.00. The van der Waals surface area contributed by atoms with Crippen LogP contribution in [0.3, 0.4) is 0 Å². The third-order valence-corrected chi connectivity index (χ3v) is 3.18. The van der Waals surface area contributed by atoms with Gasteiger partial charge in [-0.1, -0.05) is 45.4 Å². The predicted octanol–water partition coefficient (Wildman–Crippen LogP) is 5.14. The molecule has 0 saturated carbocycles. The first-order chi connectivity index (χ1) is 9.24. The Kier molecular flexibility index (Phi) is 12.8. The molecule has 3 nitrogen and oxygen atoms in total. The first kappa shape index (κ1) is 18.9. The second-order valence-electron chi connectivity index (χ2n) is 4.85. The van der Waals surface area contributed by atoms with Crippen molar-refractivity contribution in [3.63, 3.8) is 0 Å². The summed E-state index contributed by atoms with van der Waals surface area (Å²) in [5.41, 5.74) is 0. The maximum atomic E-state index is 5.71. The second kappa shape index (κ2) is 12.9. The molecule has 0 aromatic carbocycles. The van der Waals surface area contributed by atoms with Crippen molar-refractivity contribution in [3.8, 4) is 0 Å². The number of hydrogen-bond acceptors (Lipinski definition) is 3. The largest absolute Gasteiger partial charge is 0.328 e. The third-order valence-electron chi connectivity index (χ3n) is 3.18. The molecule has 0 bridgehead atoms. The Labute approximate surface area is 121 Å². The second-order valence-corrected chi connectivity index (χ2v) is 4.85. The molecule has 0 atom stereocenters. The molecule has 0 aromatic heterocycles. The van der Waals surface area contributed by atoms with Gasteiger partial charge < -0.3 is 14.2 Å². The van der Waals surface area contributed by atoms with Crippen molar-refractivity contribution >= 4 is 0 Å². The highest BCUT2D eigenvalue weighted by Crippen LogP contribution is 2.24. The normalized spacial score (nSPS) is 12.0. The summed E-state index contributed by atoms with van der Waals surface area (Å²) in [6.07, 6.45) is 9.85. The molecule has 0 aliphatic rings. The maximum Gasteiger partial charge on any atom is 0.282 e. The summed E-state index contributed by atoms with van der Waals surface area (Å²) in [4.78, 5) is 0. The molecule has 0 fully saturated rings. The van der Waals surface area contributed by atoms with Crippen molar-refractivity contribution in [2.24, 2.45) is 0 Å². The lowest BCUT2D eigenvalue weighted by atomic mass is 10.1. The van der Waals surface area contributed by atoms with Crippen LogP contribution < -0.4 is 0 Å². The van der Waals surface area contributed by atoms with E-state index in [4.69, 9.17) is 14.2 Å². The molecule has 0 aliphatic heterocycles. The zero-order chi connectivity index (χ0) is 14.4. The lowest BCUT2D eigenvalue weighted by molar-refractivity contribution is -0.380. The minimum Gasteiger partial charge on any atom is -0.328 e. The Balaban J connectivity index is 0. The van der Waals surface area contributed by atoms with E-state index in [9.17, 15) is 0 Å². The fourth-order valence-corrected chi connectivity index (χ4v) is 2.30. The van der Waals surface area contributed by atoms with E-state index in [1.807, 2.05) is 20.8 Å². The van der Waals surface area contributed by atoms with Gasteiger partial charge in [0.25, 0.3) is 5.97 Å². The van der Waals surface area contributed by atoms with Crippen LogP contribution in [-0.4, -0.2) is 25.8 Å². The standard InChI is InChI=1S/C16H34O3.H2/c1-5-9-10-11-12-13-14-15-16(17-6-2,18-7-3)19-8-4;/h5-15H2,1-4H3;1H. The van der Waals surface area contributed by atoms with Gasteiger partial charge >= 0.3 is 0 Å². The Morgan fingerprint density at radius 1 is 0.632 bits per heavy atom. The van der Waals surface area contributed by atoms with E-state index in [2.05, 4.69) is 6.92 Å². The van der Waals surface area contributed by atoms with Crippen LogP contribution in [0, 0.1) is 0 Å². The van der Waals surface area contributed by atoms with Gasteiger partial charge in [-0.25, -0.2) is 0 Å². The minimum atomic E-state index is -0.804. The van der Waals surface area contributed by atoms with E-state index in [0.717, 1.165) is 12.8 Å². The molecule has 0 aromatic rings. The number of ether oxygens (including phenoxy) is 3.